The van der Waals surface area contributed by atoms with Crippen LogP contribution in [0.4, 0.5) is 0 Å². The van der Waals surface area contributed by atoms with Crippen LogP contribution in [-0.2, 0) is 19.3 Å². The van der Waals surface area contributed by atoms with Gasteiger partial charge in [-0.15, -0.1) is 0 Å². The molecule has 26 heavy (non-hydrogen) atoms. The number of aromatic nitrogens is 1. The lowest BCUT2D eigenvalue weighted by Crippen LogP contribution is -1.98. The first-order chi connectivity index (χ1) is 12.8. The first-order valence-corrected chi connectivity index (χ1v) is 10.5. The summed E-state index contributed by atoms with van der Waals surface area (Å²) in [6, 6.07) is 13.0. The van der Waals surface area contributed by atoms with E-state index in [4.69, 9.17) is 4.74 Å². The average Bonchev–Trinajstić information content (AvgIpc) is 2.68. The molecular formula is C24H35NO. The third-order valence-electron chi connectivity index (χ3n) is 4.81. The largest absolute Gasteiger partial charge is 0.494 e. The van der Waals surface area contributed by atoms with Crippen molar-refractivity contribution in [3.8, 4) is 5.75 Å². The molecule has 1 aromatic carbocycles. The molecule has 0 N–H and O–H groups in total. The van der Waals surface area contributed by atoms with E-state index in [0.717, 1.165) is 38.0 Å². The number of nitrogens with zero attached hydrogens (tertiary/aromatic N) is 1. The van der Waals surface area contributed by atoms with Gasteiger partial charge < -0.3 is 4.74 Å². The summed E-state index contributed by atoms with van der Waals surface area (Å²) in [5, 5.41) is 0. The molecule has 0 spiro atoms. The number of pyridine rings is 1. The molecule has 2 aromatic rings. The zero-order chi connectivity index (χ0) is 18.5. The highest BCUT2D eigenvalue weighted by atomic mass is 16.5. The summed E-state index contributed by atoms with van der Waals surface area (Å²) in [5.74, 6) is 0.989. The molecule has 0 amide bonds. The number of ether oxygens (including phenoxy) is 1. The fourth-order valence-corrected chi connectivity index (χ4v) is 3.07. The highest BCUT2D eigenvalue weighted by Gasteiger charge is 2.00. The average molecular weight is 354 g/mol. The van der Waals surface area contributed by atoms with Crippen LogP contribution in [0.25, 0.3) is 0 Å². The Balaban J connectivity index is 1.70. The topological polar surface area (TPSA) is 22.1 Å². The summed E-state index contributed by atoms with van der Waals surface area (Å²) in [6.45, 7) is 5.30. The number of benzene rings is 1. The van der Waals surface area contributed by atoms with Gasteiger partial charge >= 0.3 is 0 Å². The van der Waals surface area contributed by atoms with Gasteiger partial charge in [-0.05, 0) is 61.4 Å². The van der Waals surface area contributed by atoms with Crippen LogP contribution in [0.5, 0.6) is 5.75 Å². The van der Waals surface area contributed by atoms with Gasteiger partial charge in [0.1, 0.15) is 5.75 Å². The molecular weight excluding hydrogens is 318 g/mol. The fourth-order valence-electron chi connectivity index (χ4n) is 3.07. The van der Waals surface area contributed by atoms with Crippen LogP contribution in [-0.4, -0.2) is 11.6 Å². The van der Waals surface area contributed by atoms with E-state index in [0.29, 0.717) is 0 Å². The number of hydrogen-bond donors (Lipinski definition) is 0. The van der Waals surface area contributed by atoms with Crippen molar-refractivity contribution in [3.63, 3.8) is 0 Å². The maximum absolute atomic E-state index is 5.81. The van der Waals surface area contributed by atoms with Crippen molar-refractivity contribution in [1.82, 2.24) is 4.98 Å². The van der Waals surface area contributed by atoms with Gasteiger partial charge in [0, 0.05) is 11.9 Å². The Morgan fingerprint density at radius 2 is 1.38 bits per heavy atom. The standard InChI is InChI=1S/C24H35NO/c1-3-5-7-9-19-26-24-17-14-21(15-18-24)11-12-22-13-16-23(25-20-22)10-8-6-4-2/h13-18,20H,3-12,19H2,1-2H3. The maximum atomic E-state index is 5.81. The Hall–Kier alpha value is -1.83. The lowest BCUT2D eigenvalue weighted by molar-refractivity contribution is 0.305. The van der Waals surface area contributed by atoms with Crippen molar-refractivity contribution in [2.24, 2.45) is 0 Å². The third kappa shape index (κ3) is 8.03. The van der Waals surface area contributed by atoms with Crippen LogP contribution >= 0.6 is 0 Å². The van der Waals surface area contributed by atoms with Crippen LogP contribution in [0.2, 0.25) is 0 Å². The predicted octanol–water partition coefficient (Wildman–Crippen LogP) is 6.56. The number of hydrogen-bond acceptors (Lipinski definition) is 2. The van der Waals surface area contributed by atoms with Gasteiger partial charge in [0.15, 0.2) is 0 Å². The molecule has 0 saturated heterocycles. The summed E-state index contributed by atoms with van der Waals surface area (Å²) < 4.78 is 5.81. The lowest BCUT2D eigenvalue weighted by Gasteiger charge is -2.08. The monoisotopic (exact) mass is 353 g/mol. The predicted molar refractivity (Wildman–Crippen MR) is 111 cm³/mol. The Kier molecular flexibility index (Phi) is 9.86. The van der Waals surface area contributed by atoms with Crippen LogP contribution < -0.4 is 4.74 Å². The van der Waals surface area contributed by atoms with Crippen LogP contribution in [0.15, 0.2) is 42.6 Å². The quantitative estimate of drug-likeness (QED) is 0.380. The Labute approximate surface area is 160 Å². The molecule has 1 heterocycles. The van der Waals surface area contributed by atoms with Crippen molar-refractivity contribution >= 4 is 0 Å². The summed E-state index contributed by atoms with van der Waals surface area (Å²) in [6.07, 6.45) is 14.0. The van der Waals surface area contributed by atoms with E-state index in [1.165, 1.54) is 55.3 Å². The van der Waals surface area contributed by atoms with Gasteiger partial charge in [0.2, 0.25) is 0 Å². The summed E-state index contributed by atoms with van der Waals surface area (Å²) in [4.78, 5) is 4.61. The van der Waals surface area contributed by atoms with E-state index < -0.39 is 0 Å². The zero-order valence-corrected chi connectivity index (χ0v) is 16.7. The molecule has 0 aliphatic heterocycles. The van der Waals surface area contributed by atoms with E-state index in [1.807, 2.05) is 0 Å². The molecule has 2 nitrogen and oxygen atoms in total. The van der Waals surface area contributed by atoms with Crippen LogP contribution in [0.3, 0.4) is 0 Å². The smallest absolute Gasteiger partial charge is 0.119 e. The van der Waals surface area contributed by atoms with Gasteiger partial charge in [-0.2, -0.15) is 0 Å². The summed E-state index contributed by atoms with van der Waals surface area (Å²) >= 11 is 0. The first-order valence-electron chi connectivity index (χ1n) is 10.5. The van der Waals surface area contributed by atoms with Gasteiger partial charge in [-0.25, -0.2) is 0 Å². The lowest BCUT2D eigenvalue weighted by atomic mass is 10.0. The highest BCUT2D eigenvalue weighted by Crippen LogP contribution is 2.15. The number of rotatable bonds is 13. The number of aryl methyl sites for hydroxylation is 3. The molecule has 0 unspecified atom stereocenters. The second-order valence-corrected chi connectivity index (χ2v) is 7.17. The van der Waals surface area contributed by atoms with Crippen LogP contribution in [0.1, 0.15) is 75.6 Å². The van der Waals surface area contributed by atoms with Crippen LogP contribution in [0, 0.1) is 0 Å². The van der Waals surface area contributed by atoms with E-state index >= 15 is 0 Å². The molecule has 0 aliphatic rings. The maximum Gasteiger partial charge on any atom is 0.119 e. The van der Waals surface area contributed by atoms with Crippen molar-refractivity contribution in [2.75, 3.05) is 6.61 Å². The van der Waals surface area contributed by atoms with Gasteiger partial charge in [-0.1, -0.05) is 64.2 Å². The van der Waals surface area contributed by atoms with Crippen molar-refractivity contribution in [1.29, 1.82) is 0 Å². The Morgan fingerprint density at radius 1 is 0.692 bits per heavy atom. The second kappa shape index (κ2) is 12.5. The van der Waals surface area contributed by atoms with Crippen molar-refractivity contribution in [2.45, 2.75) is 78.1 Å². The van der Waals surface area contributed by atoms with E-state index in [1.54, 1.807) is 0 Å². The van der Waals surface area contributed by atoms with Gasteiger partial charge in [-0.3, -0.25) is 4.98 Å². The third-order valence-corrected chi connectivity index (χ3v) is 4.81. The minimum absolute atomic E-state index is 0.829. The Morgan fingerprint density at radius 3 is 2.08 bits per heavy atom. The van der Waals surface area contributed by atoms with Crippen molar-refractivity contribution in [3.05, 3.63) is 59.4 Å². The van der Waals surface area contributed by atoms with E-state index in [-0.39, 0.29) is 0 Å². The van der Waals surface area contributed by atoms with Crippen molar-refractivity contribution < 1.29 is 4.74 Å². The SMILES string of the molecule is CCCCCCOc1ccc(CCc2ccc(CCCCC)nc2)cc1. The molecule has 0 saturated carbocycles. The molecule has 2 rings (SSSR count). The minimum atomic E-state index is 0.829. The van der Waals surface area contributed by atoms with E-state index in [2.05, 4.69) is 61.4 Å². The first kappa shape index (κ1) is 20.5. The minimum Gasteiger partial charge on any atom is -0.494 e. The molecule has 0 radical (unpaired) electrons. The Bertz CT molecular complexity index is 589. The molecule has 2 heteroatoms. The molecule has 0 fully saturated rings. The second-order valence-electron chi connectivity index (χ2n) is 7.17. The zero-order valence-electron chi connectivity index (χ0n) is 16.7. The summed E-state index contributed by atoms with van der Waals surface area (Å²) in [7, 11) is 0. The molecule has 1 aromatic heterocycles. The molecule has 0 bridgehead atoms. The van der Waals surface area contributed by atoms with Gasteiger partial charge in [0.25, 0.3) is 0 Å². The van der Waals surface area contributed by atoms with Gasteiger partial charge in [0.05, 0.1) is 6.61 Å². The molecule has 142 valence electrons. The van der Waals surface area contributed by atoms with E-state index in [9.17, 15) is 0 Å². The summed E-state index contributed by atoms with van der Waals surface area (Å²) in [5.41, 5.74) is 3.90. The molecule has 0 atom stereocenters. The number of unbranched alkanes of at least 4 members (excludes halogenated alkanes) is 5. The molecule has 0 aliphatic carbocycles. The fraction of sp³-hybridized carbons (Fsp3) is 0.542. The normalized spacial score (nSPS) is 10.8. The highest BCUT2D eigenvalue weighted by molar-refractivity contribution is 5.28.